The topological polar surface area (TPSA) is 74.6 Å². The second-order valence-corrected chi connectivity index (χ2v) is 11.7. The Labute approximate surface area is 179 Å². The molecule has 9 atom stereocenters. The van der Waals surface area contributed by atoms with Crippen molar-refractivity contribution in [2.45, 2.75) is 83.2 Å². The summed E-state index contributed by atoms with van der Waals surface area (Å²) in [6, 6.07) is 0. The molecule has 0 aromatic heterocycles. The summed E-state index contributed by atoms with van der Waals surface area (Å²) in [7, 11) is 0. The van der Waals surface area contributed by atoms with Gasteiger partial charge in [0.25, 0.3) is 0 Å². The Balaban J connectivity index is 1.40. The van der Waals surface area contributed by atoms with Crippen LogP contribution in [-0.2, 0) is 9.59 Å². The minimum Gasteiger partial charge on any atom is -0.481 e. The number of hydrogen-bond donors (Lipinski definition) is 2. The molecule has 0 aromatic carbocycles. The molecule has 0 aliphatic heterocycles. The van der Waals surface area contributed by atoms with E-state index in [-0.39, 0.29) is 11.8 Å². The molecule has 6 rings (SSSR count). The standard InChI is InChI=1S/C26H36O4/c1-2-25-9-7-18-17-6-5-16(27)11-15(17)12-19(14-3-4-14)23(18)24(25)20-13-21(20)26(25,30)10-8-22(28)29/h11,14,17-21,23-24,30H,2-10,12-13H2,1H3,(H,28,29)/t17-,18+,19-,20-,21+,23-,24-,25-,26-/m0/s1. The predicted octanol–water partition coefficient (Wildman–Crippen LogP) is 4.61. The summed E-state index contributed by atoms with van der Waals surface area (Å²) in [5.41, 5.74) is 0.586. The summed E-state index contributed by atoms with van der Waals surface area (Å²) in [5, 5.41) is 21.4. The van der Waals surface area contributed by atoms with Crippen LogP contribution in [0, 0.1) is 52.8 Å². The van der Waals surface area contributed by atoms with Crippen LogP contribution in [0.4, 0.5) is 0 Å². The minimum absolute atomic E-state index is 0.0873. The monoisotopic (exact) mass is 412 g/mol. The largest absolute Gasteiger partial charge is 0.481 e. The van der Waals surface area contributed by atoms with Crippen molar-refractivity contribution in [1.29, 1.82) is 0 Å². The number of carbonyl (C=O) groups excluding carboxylic acids is 1. The Morgan fingerprint density at radius 2 is 1.97 bits per heavy atom. The van der Waals surface area contributed by atoms with Gasteiger partial charge in [0.1, 0.15) is 0 Å². The molecule has 0 unspecified atom stereocenters. The van der Waals surface area contributed by atoms with Gasteiger partial charge in [0.2, 0.25) is 0 Å². The summed E-state index contributed by atoms with van der Waals surface area (Å²) >= 11 is 0. The van der Waals surface area contributed by atoms with Crippen LogP contribution >= 0.6 is 0 Å². The molecule has 0 radical (unpaired) electrons. The zero-order valence-corrected chi connectivity index (χ0v) is 18.2. The maximum Gasteiger partial charge on any atom is 0.303 e. The number of allylic oxidation sites excluding steroid dienone is 1. The van der Waals surface area contributed by atoms with E-state index in [1.807, 2.05) is 6.08 Å². The third kappa shape index (κ3) is 2.49. The average molecular weight is 413 g/mol. The highest BCUT2D eigenvalue weighted by Crippen LogP contribution is 2.78. The first kappa shape index (κ1) is 19.5. The number of carbonyl (C=O) groups is 2. The molecule has 0 amide bonds. The van der Waals surface area contributed by atoms with Crippen molar-refractivity contribution in [3.63, 3.8) is 0 Å². The maximum absolute atomic E-state index is 12.2. The van der Waals surface area contributed by atoms with Gasteiger partial charge in [-0.2, -0.15) is 0 Å². The van der Waals surface area contributed by atoms with Gasteiger partial charge in [0, 0.05) is 18.3 Å². The Morgan fingerprint density at radius 3 is 2.67 bits per heavy atom. The van der Waals surface area contributed by atoms with Gasteiger partial charge >= 0.3 is 5.97 Å². The van der Waals surface area contributed by atoms with Gasteiger partial charge < -0.3 is 10.2 Å². The first-order valence-corrected chi connectivity index (χ1v) is 12.6. The van der Waals surface area contributed by atoms with Gasteiger partial charge in [-0.05, 0) is 111 Å². The van der Waals surface area contributed by atoms with E-state index in [4.69, 9.17) is 0 Å². The lowest BCUT2D eigenvalue weighted by atomic mass is 9.45. The van der Waals surface area contributed by atoms with Crippen molar-refractivity contribution in [2.24, 2.45) is 52.8 Å². The van der Waals surface area contributed by atoms with Gasteiger partial charge in [-0.25, -0.2) is 0 Å². The highest BCUT2D eigenvalue weighted by Gasteiger charge is 2.77. The second-order valence-electron chi connectivity index (χ2n) is 11.7. The number of hydrogen-bond acceptors (Lipinski definition) is 3. The first-order valence-electron chi connectivity index (χ1n) is 12.6. The fraction of sp³-hybridized carbons (Fsp3) is 0.846. The van der Waals surface area contributed by atoms with Crippen LogP contribution in [-0.4, -0.2) is 27.6 Å². The van der Waals surface area contributed by atoms with Crippen LogP contribution in [0.2, 0.25) is 0 Å². The third-order valence-corrected chi connectivity index (χ3v) is 10.8. The molecule has 6 aliphatic carbocycles. The summed E-state index contributed by atoms with van der Waals surface area (Å²) < 4.78 is 0. The zero-order valence-electron chi connectivity index (χ0n) is 18.2. The van der Waals surface area contributed by atoms with Crippen molar-refractivity contribution in [1.82, 2.24) is 0 Å². The molecular formula is C26H36O4. The van der Waals surface area contributed by atoms with E-state index in [1.54, 1.807) is 0 Å². The van der Waals surface area contributed by atoms with Crippen molar-refractivity contribution in [3.8, 4) is 0 Å². The van der Waals surface area contributed by atoms with Crippen LogP contribution in [0.25, 0.3) is 0 Å². The summed E-state index contributed by atoms with van der Waals surface area (Å²) in [6.07, 6.45) is 12.4. The molecule has 30 heavy (non-hydrogen) atoms. The molecule has 0 saturated heterocycles. The minimum atomic E-state index is -0.785. The van der Waals surface area contributed by atoms with E-state index < -0.39 is 11.6 Å². The van der Waals surface area contributed by atoms with E-state index in [0.29, 0.717) is 60.1 Å². The van der Waals surface area contributed by atoms with Crippen LogP contribution in [0.15, 0.2) is 11.6 Å². The highest BCUT2D eigenvalue weighted by atomic mass is 16.4. The van der Waals surface area contributed by atoms with E-state index in [9.17, 15) is 19.8 Å². The number of carboxylic acid groups (broad SMARTS) is 1. The Morgan fingerprint density at radius 1 is 1.17 bits per heavy atom. The molecular weight excluding hydrogens is 376 g/mol. The van der Waals surface area contributed by atoms with Gasteiger partial charge in [-0.3, -0.25) is 9.59 Å². The Hall–Kier alpha value is -1.16. The van der Waals surface area contributed by atoms with Crippen molar-refractivity contribution >= 4 is 11.8 Å². The lowest BCUT2D eigenvalue weighted by molar-refractivity contribution is -0.169. The normalized spacial score (nSPS) is 51.3. The maximum atomic E-state index is 12.2. The molecule has 0 heterocycles. The number of fused-ring (bicyclic) bond motifs is 7. The number of rotatable bonds is 5. The van der Waals surface area contributed by atoms with E-state index in [1.165, 1.54) is 18.4 Å². The number of aliphatic hydroxyl groups is 1. The molecule has 5 saturated carbocycles. The van der Waals surface area contributed by atoms with Crippen molar-refractivity contribution < 1.29 is 19.8 Å². The highest BCUT2D eigenvalue weighted by molar-refractivity contribution is 5.91. The van der Waals surface area contributed by atoms with Crippen molar-refractivity contribution in [2.75, 3.05) is 0 Å². The van der Waals surface area contributed by atoms with E-state index in [2.05, 4.69) is 6.92 Å². The lowest BCUT2D eigenvalue weighted by Gasteiger charge is -2.60. The molecule has 5 fully saturated rings. The summed E-state index contributed by atoms with van der Waals surface area (Å²) in [5.74, 6) is 4.48. The fourth-order valence-electron chi connectivity index (χ4n) is 9.63. The third-order valence-electron chi connectivity index (χ3n) is 10.8. The van der Waals surface area contributed by atoms with E-state index >= 15 is 0 Å². The molecule has 0 bridgehead atoms. The van der Waals surface area contributed by atoms with Crippen LogP contribution in [0.1, 0.15) is 77.6 Å². The molecule has 2 N–H and O–H groups in total. The predicted molar refractivity (Wildman–Crippen MR) is 112 cm³/mol. The molecule has 0 spiro atoms. The molecule has 164 valence electrons. The number of carboxylic acids is 1. The summed E-state index contributed by atoms with van der Waals surface area (Å²) in [4.78, 5) is 23.6. The van der Waals surface area contributed by atoms with Crippen LogP contribution in [0.5, 0.6) is 0 Å². The van der Waals surface area contributed by atoms with Crippen LogP contribution in [0.3, 0.4) is 0 Å². The quantitative estimate of drug-likeness (QED) is 0.692. The van der Waals surface area contributed by atoms with Crippen molar-refractivity contribution in [3.05, 3.63) is 11.6 Å². The Bertz CT molecular complexity index is 812. The lowest BCUT2D eigenvalue weighted by Crippen LogP contribution is -2.58. The molecule has 4 heteroatoms. The first-order chi connectivity index (χ1) is 14.4. The fourth-order valence-corrected chi connectivity index (χ4v) is 9.63. The second kappa shape index (κ2) is 6.43. The zero-order chi connectivity index (χ0) is 20.8. The Kier molecular flexibility index (Phi) is 4.18. The van der Waals surface area contributed by atoms with Gasteiger partial charge in [0.05, 0.1) is 5.60 Å². The number of ketones is 1. The van der Waals surface area contributed by atoms with Crippen LogP contribution < -0.4 is 0 Å². The smallest absolute Gasteiger partial charge is 0.303 e. The molecule has 0 aromatic rings. The van der Waals surface area contributed by atoms with Gasteiger partial charge in [-0.1, -0.05) is 12.5 Å². The van der Waals surface area contributed by atoms with Gasteiger partial charge in [-0.15, -0.1) is 0 Å². The molecule has 6 aliphatic rings. The average Bonchev–Trinajstić information content (AvgIpc) is 3.63. The summed E-state index contributed by atoms with van der Waals surface area (Å²) in [6.45, 7) is 2.25. The number of aliphatic carboxylic acids is 1. The molecule has 4 nitrogen and oxygen atoms in total. The van der Waals surface area contributed by atoms with Gasteiger partial charge in [0.15, 0.2) is 5.78 Å². The SMILES string of the molecule is CC[C@]12CC[C@H]3[C@H]([C@@H]1[C@H]1C[C@H]1[C@@]2(O)CCC(=O)O)[C@H](C1CC1)CC1=CC(=O)CC[C@@H]13. The van der Waals surface area contributed by atoms with E-state index in [0.717, 1.165) is 44.4 Å².